The molecule has 0 saturated heterocycles. The number of esters is 2. The fourth-order valence-corrected chi connectivity index (χ4v) is 1.90. The summed E-state index contributed by atoms with van der Waals surface area (Å²) in [7, 11) is 0. The van der Waals surface area contributed by atoms with Crippen LogP contribution < -0.4 is 10.6 Å². The minimum atomic E-state index is -0.579. The van der Waals surface area contributed by atoms with E-state index in [2.05, 4.69) is 10.6 Å². The molecular weight excluding hydrogens is 336 g/mol. The lowest BCUT2D eigenvalue weighted by molar-refractivity contribution is -0.137. The fraction of sp³-hybridized carbons (Fsp3) is 0.312. The molecule has 0 heterocycles. The van der Waals surface area contributed by atoms with Crippen molar-refractivity contribution in [3.8, 4) is 0 Å². The van der Waals surface area contributed by atoms with Gasteiger partial charge in [0.2, 0.25) is 0 Å². The van der Waals surface area contributed by atoms with Crippen molar-refractivity contribution >= 4 is 35.3 Å². The van der Waals surface area contributed by atoms with Crippen LogP contribution >= 0.6 is 11.6 Å². The average molecular weight is 355 g/mol. The van der Waals surface area contributed by atoms with Crippen LogP contribution in [0.5, 0.6) is 0 Å². The van der Waals surface area contributed by atoms with Crippen molar-refractivity contribution < 1.29 is 23.9 Å². The minimum Gasteiger partial charge on any atom is -0.463 e. The second-order valence-electron chi connectivity index (χ2n) is 4.57. The van der Waals surface area contributed by atoms with Gasteiger partial charge in [-0.1, -0.05) is 11.6 Å². The van der Waals surface area contributed by atoms with Crippen molar-refractivity contribution in [3.05, 3.63) is 40.6 Å². The summed E-state index contributed by atoms with van der Waals surface area (Å²) in [6, 6.07) is 3.84. The Bertz CT molecular complexity index is 658. The second-order valence-corrected chi connectivity index (χ2v) is 4.98. The zero-order valence-electron chi connectivity index (χ0n) is 13.6. The van der Waals surface area contributed by atoms with Gasteiger partial charge >= 0.3 is 18.0 Å². The molecule has 1 rings (SSSR count). The fourth-order valence-electron chi connectivity index (χ4n) is 1.71. The van der Waals surface area contributed by atoms with Gasteiger partial charge in [0.1, 0.15) is 0 Å². The lowest BCUT2D eigenvalue weighted by atomic mass is 10.2. The third-order valence-corrected chi connectivity index (χ3v) is 2.98. The Kier molecular flexibility index (Phi) is 7.77. The lowest BCUT2D eigenvalue weighted by Gasteiger charge is -2.10. The van der Waals surface area contributed by atoms with Crippen LogP contribution in [0, 0.1) is 0 Å². The number of anilines is 1. The number of halogens is 1. The first-order valence-corrected chi connectivity index (χ1v) is 7.64. The molecule has 1 aromatic carbocycles. The van der Waals surface area contributed by atoms with Crippen LogP contribution in [0.25, 0.3) is 0 Å². The predicted octanol–water partition coefficient (Wildman–Crippen LogP) is 3.11. The molecule has 0 aliphatic rings. The number of carbonyl (C=O) groups excluding carboxylic acids is 3. The number of urea groups is 1. The largest absolute Gasteiger partial charge is 0.463 e. The maximum absolute atomic E-state index is 11.9. The summed E-state index contributed by atoms with van der Waals surface area (Å²) >= 11 is 5.95. The molecule has 7 nitrogen and oxygen atoms in total. The van der Waals surface area contributed by atoms with Crippen LogP contribution in [0.1, 0.15) is 31.1 Å². The molecule has 0 atom stereocenters. The SMILES string of the molecule is CCOC(=O)/C=C(\C)NC(=O)Nc1ccc(Cl)c(C(=O)OCC)c1. The van der Waals surface area contributed by atoms with Gasteiger partial charge in [0.25, 0.3) is 0 Å². The maximum atomic E-state index is 11.9. The Morgan fingerprint density at radius 2 is 1.83 bits per heavy atom. The van der Waals surface area contributed by atoms with Gasteiger partial charge in [0.05, 0.1) is 23.8 Å². The van der Waals surface area contributed by atoms with Crippen molar-refractivity contribution in [2.75, 3.05) is 18.5 Å². The van der Waals surface area contributed by atoms with Crippen LogP contribution in [0.3, 0.4) is 0 Å². The normalized spacial score (nSPS) is 10.8. The second kappa shape index (κ2) is 9.57. The van der Waals surface area contributed by atoms with Gasteiger partial charge in [-0.25, -0.2) is 14.4 Å². The van der Waals surface area contributed by atoms with E-state index in [0.29, 0.717) is 11.4 Å². The van der Waals surface area contributed by atoms with E-state index in [0.717, 1.165) is 6.08 Å². The lowest BCUT2D eigenvalue weighted by Crippen LogP contribution is -2.27. The molecule has 130 valence electrons. The van der Waals surface area contributed by atoms with Gasteiger partial charge in [-0.15, -0.1) is 0 Å². The van der Waals surface area contributed by atoms with Crippen molar-refractivity contribution in [1.82, 2.24) is 5.32 Å². The van der Waals surface area contributed by atoms with Crippen LogP contribution in [0.2, 0.25) is 5.02 Å². The molecule has 24 heavy (non-hydrogen) atoms. The summed E-state index contributed by atoms with van der Waals surface area (Å²) in [4.78, 5) is 34.9. The molecule has 2 N–H and O–H groups in total. The number of carbonyl (C=O) groups is 3. The minimum absolute atomic E-state index is 0.148. The number of hydrogen-bond acceptors (Lipinski definition) is 5. The highest BCUT2D eigenvalue weighted by atomic mass is 35.5. The summed E-state index contributed by atoms with van der Waals surface area (Å²) in [6.07, 6.45) is 1.16. The molecule has 0 radical (unpaired) electrons. The predicted molar refractivity (Wildman–Crippen MR) is 90.0 cm³/mol. The molecular formula is C16H19ClN2O5. The van der Waals surface area contributed by atoms with Gasteiger partial charge < -0.3 is 20.1 Å². The third-order valence-electron chi connectivity index (χ3n) is 2.65. The zero-order chi connectivity index (χ0) is 18.1. The molecule has 0 aliphatic carbocycles. The van der Waals surface area contributed by atoms with Gasteiger partial charge in [-0.2, -0.15) is 0 Å². The Labute approximate surface area is 145 Å². The van der Waals surface area contributed by atoms with E-state index < -0.39 is 18.0 Å². The highest BCUT2D eigenvalue weighted by molar-refractivity contribution is 6.33. The quantitative estimate of drug-likeness (QED) is 0.604. The summed E-state index contributed by atoms with van der Waals surface area (Å²) in [5.74, 6) is -1.13. The first kappa shape index (κ1) is 19.5. The van der Waals surface area contributed by atoms with E-state index in [1.165, 1.54) is 18.2 Å². The maximum Gasteiger partial charge on any atom is 0.339 e. The van der Waals surface area contributed by atoms with E-state index >= 15 is 0 Å². The molecule has 0 aromatic heterocycles. The topological polar surface area (TPSA) is 93.7 Å². The Balaban J connectivity index is 2.75. The van der Waals surface area contributed by atoms with Gasteiger partial charge in [0.15, 0.2) is 0 Å². The number of amides is 2. The van der Waals surface area contributed by atoms with E-state index in [1.807, 2.05) is 0 Å². The van der Waals surface area contributed by atoms with Crippen molar-refractivity contribution in [2.45, 2.75) is 20.8 Å². The van der Waals surface area contributed by atoms with Gasteiger partial charge in [0, 0.05) is 17.5 Å². The summed E-state index contributed by atoms with van der Waals surface area (Å²) in [5.41, 5.74) is 0.810. The van der Waals surface area contributed by atoms with Crippen LogP contribution in [-0.4, -0.2) is 31.2 Å². The average Bonchev–Trinajstić information content (AvgIpc) is 2.49. The zero-order valence-corrected chi connectivity index (χ0v) is 14.4. The Hall–Kier alpha value is -2.54. The first-order chi connectivity index (χ1) is 11.4. The molecule has 2 amide bonds. The highest BCUT2D eigenvalue weighted by Crippen LogP contribution is 2.21. The molecule has 0 fully saturated rings. The third kappa shape index (κ3) is 6.29. The summed E-state index contributed by atoms with van der Waals surface area (Å²) in [5, 5.41) is 5.22. The number of hydrogen-bond donors (Lipinski definition) is 2. The van der Waals surface area contributed by atoms with E-state index in [4.69, 9.17) is 21.1 Å². The van der Waals surface area contributed by atoms with Crippen molar-refractivity contribution in [1.29, 1.82) is 0 Å². The Morgan fingerprint density at radius 3 is 2.46 bits per heavy atom. The summed E-state index contributed by atoms with van der Waals surface area (Å²) in [6.45, 7) is 5.37. The highest BCUT2D eigenvalue weighted by Gasteiger charge is 2.13. The van der Waals surface area contributed by atoms with Gasteiger partial charge in [-0.3, -0.25) is 0 Å². The number of allylic oxidation sites excluding steroid dienone is 1. The van der Waals surface area contributed by atoms with E-state index in [9.17, 15) is 14.4 Å². The van der Waals surface area contributed by atoms with Gasteiger partial charge in [-0.05, 0) is 39.0 Å². The molecule has 0 unspecified atom stereocenters. The summed E-state index contributed by atoms with van der Waals surface area (Å²) < 4.78 is 9.63. The number of nitrogens with one attached hydrogen (secondary N) is 2. The molecule has 0 aliphatic heterocycles. The smallest absolute Gasteiger partial charge is 0.339 e. The molecule has 8 heteroatoms. The van der Waals surface area contributed by atoms with Crippen LogP contribution in [0.4, 0.5) is 10.5 Å². The standard InChI is InChI=1S/C16H19ClN2O5/c1-4-23-14(20)8-10(3)18-16(22)19-11-6-7-13(17)12(9-11)15(21)24-5-2/h6-9H,4-5H2,1-3H3,(H2,18,19,22)/b10-8+. The Morgan fingerprint density at radius 1 is 1.17 bits per heavy atom. The van der Waals surface area contributed by atoms with Crippen LogP contribution in [-0.2, 0) is 14.3 Å². The van der Waals surface area contributed by atoms with Crippen LogP contribution in [0.15, 0.2) is 30.0 Å². The molecule has 1 aromatic rings. The monoisotopic (exact) mass is 354 g/mol. The first-order valence-electron chi connectivity index (χ1n) is 7.27. The number of benzene rings is 1. The van der Waals surface area contributed by atoms with E-state index in [1.54, 1.807) is 20.8 Å². The van der Waals surface area contributed by atoms with Crippen molar-refractivity contribution in [3.63, 3.8) is 0 Å². The number of rotatable bonds is 6. The van der Waals surface area contributed by atoms with Crippen molar-refractivity contribution in [2.24, 2.45) is 0 Å². The molecule has 0 spiro atoms. The number of ether oxygens (including phenoxy) is 2. The molecule has 0 saturated carbocycles. The van der Waals surface area contributed by atoms with E-state index in [-0.39, 0.29) is 23.8 Å². The molecule has 0 bridgehead atoms.